The molecule has 0 bridgehead atoms. The van der Waals surface area contributed by atoms with E-state index in [0.717, 1.165) is 44.1 Å². The molecule has 5 nitrogen and oxygen atoms in total. The Labute approximate surface area is 126 Å². The molecule has 1 aliphatic heterocycles. The summed E-state index contributed by atoms with van der Waals surface area (Å²) in [5, 5.41) is 2.88. The van der Waals surface area contributed by atoms with Crippen LogP contribution >= 0.6 is 0 Å². The number of nitrogens with zero attached hydrogens (tertiary/aromatic N) is 1. The maximum absolute atomic E-state index is 12.0. The highest BCUT2D eigenvalue weighted by molar-refractivity contribution is 5.95. The molecule has 0 aromatic heterocycles. The monoisotopic (exact) mass is 291 g/mol. The molecule has 1 amide bonds. The van der Waals surface area contributed by atoms with Crippen molar-refractivity contribution in [2.24, 2.45) is 11.7 Å². The quantitative estimate of drug-likeness (QED) is 0.868. The fourth-order valence-corrected chi connectivity index (χ4v) is 2.32. The van der Waals surface area contributed by atoms with Crippen molar-refractivity contribution < 1.29 is 9.53 Å². The van der Waals surface area contributed by atoms with E-state index < -0.39 is 6.04 Å². The number of rotatable bonds is 5. The predicted molar refractivity (Wildman–Crippen MR) is 85.5 cm³/mol. The maximum atomic E-state index is 12.0. The second-order valence-electron chi connectivity index (χ2n) is 5.55. The Morgan fingerprint density at radius 3 is 2.52 bits per heavy atom. The first-order valence-electron chi connectivity index (χ1n) is 7.61. The number of nitrogens with two attached hydrogens (primary N) is 1. The van der Waals surface area contributed by atoms with Crippen molar-refractivity contribution in [1.29, 1.82) is 0 Å². The lowest BCUT2D eigenvalue weighted by molar-refractivity contribution is -0.118. The average Bonchev–Trinajstić information content (AvgIpc) is 2.54. The van der Waals surface area contributed by atoms with Gasteiger partial charge in [0.2, 0.25) is 5.91 Å². The molecule has 1 aliphatic rings. The Balaban J connectivity index is 1.94. The highest BCUT2D eigenvalue weighted by Crippen LogP contribution is 2.19. The van der Waals surface area contributed by atoms with Gasteiger partial charge in [-0.25, -0.2) is 0 Å². The number of morpholine rings is 1. The topological polar surface area (TPSA) is 67.6 Å². The van der Waals surface area contributed by atoms with Gasteiger partial charge in [-0.2, -0.15) is 0 Å². The molecule has 21 heavy (non-hydrogen) atoms. The molecule has 2 rings (SSSR count). The summed E-state index contributed by atoms with van der Waals surface area (Å²) in [7, 11) is 0. The molecular formula is C16H25N3O2. The van der Waals surface area contributed by atoms with E-state index in [9.17, 15) is 4.79 Å². The van der Waals surface area contributed by atoms with Crippen molar-refractivity contribution in [3.8, 4) is 0 Å². The number of ether oxygens (including phenoxy) is 1. The normalized spacial score (nSPS) is 18.1. The van der Waals surface area contributed by atoms with Gasteiger partial charge in [-0.05, 0) is 30.2 Å². The van der Waals surface area contributed by atoms with Gasteiger partial charge in [0.05, 0.1) is 19.3 Å². The molecular weight excluding hydrogens is 266 g/mol. The van der Waals surface area contributed by atoms with Crippen molar-refractivity contribution >= 4 is 17.3 Å². The lowest BCUT2D eigenvalue weighted by atomic mass is 9.99. The molecule has 1 aromatic rings. The summed E-state index contributed by atoms with van der Waals surface area (Å²) in [6.07, 6.45) is 0.893. The van der Waals surface area contributed by atoms with E-state index in [1.165, 1.54) is 0 Å². The zero-order valence-corrected chi connectivity index (χ0v) is 12.8. The van der Waals surface area contributed by atoms with Gasteiger partial charge in [-0.15, -0.1) is 0 Å². The molecule has 1 heterocycles. The number of carbonyl (C=O) groups is 1. The van der Waals surface area contributed by atoms with E-state index in [-0.39, 0.29) is 11.8 Å². The third-order valence-electron chi connectivity index (χ3n) is 4.07. The van der Waals surface area contributed by atoms with E-state index in [1.807, 2.05) is 38.1 Å². The third-order valence-corrected chi connectivity index (χ3v) is 4.07. The molecule has 0 spiro atoms. The molecule has 3 N–H and O–H groups in total. The Bertz CT molecular complexity index is 455. The highest BCUT2D eigenvalue weighted by Gasteiger charge is 2.19. The summed E-state index contributed by atoms with van der Waals surface area (Å²) < 4.78 is 5.34. The molecule has 0 saturated carbocycles. The molecule has 1 aromatic carbocycles. The minimum Gasteiger partial charge on any atom is -0.378 e. The van der Waals surface area contributed by atoms with Crippen LogP contribution in [0.2, 0.25) is 0 Å². The standard InChI is InChI=1S/C16H25N3O2/c1-3-12(2)15(17)16(20)18-13-4-6-14(7-5-13)19-8-10-21-11-9-19/h4-7,12,15H,3,8-11,17H2,1-2H3,(H,18,20)/t12-,15+/m1/s1. The van der Waals surface area contributed by atoms with Crippen molar-refractivity contribution in [3.63, 3.8) is 0 Å². The molecule has 5 heteroatoms. The van der Waals surface area contributed by atoms with Crippen LogP contribution in [0.3, 0.4) is 0 Å². The van der Waals surface area contributed by atoms with Gasteiger partial charge in [-0.1, -0.05) is 20.3 Å². The third kappa shape index (κ3) is 4.19. The van der Waals surface area contributed by atoms with Crippen molar-refractivity contribution in [2.45, 2.75) is 26.3 Å². The van der Waals surface area contributed by atoms with Crippen LogP contribution < -0.4 is 16.0 Å². The van der Waals surface area contributed by atoms with Crippen LogP contribution in [0.1, 0.15) is 20.3 Å². The largest absolute Gasteiger partial charge is 0.378 e. The smallest absolute Gasteiger partial charge is 0.241 e. The summed E-state index contributed by atoms with van der Waals surface area (Å²) in [4.78, 5) is 14.3. The van der Waals surface area contributed by atoms with E-state index in [1.54, 1.807) is 0 Å². The fourth-order valence-electron chi connectivity index (χ4n) is 2.32. The zero-order valence-electron chi connectivity index (χ0n) is 12.8. The summed E-state index contributed by atoms with van der Waals surface area (Å²) in [5.41, 5.74) is 7.87. The molecule has 2 atom stereocenters. The molecule has 1 saturated heterocycles. The second kappa shape index (κ2) is 7.43. The SMILES string of the molecule is CC[C@@H](C)[C@H](N)C(=O)Nc1ccc(N2CCOCC2)cc1. The minimum atomic E-state index is -0.464. The fraction of sp³-hybridized carbons (Fsp3) is 0.562. The molecule has 0 unspecified atom stereocenters. The lowest BCUT2D eigenvalue weighted by Gasteiger charge is -2.29. The number of nitrogens with one attached hydrogen (secondary N) is 1. The van der Waals surface area contributed by atoms with E-state index >= 15 is 0 Å². The molecule has 116 valence electrons. The number of carbonyl (C=O) groups excluding carboxylic acids is 1. The first kappa shape index (κ1) is 15.8. The van der Waals surface area contributed by atoms with Crippen LogP contribution in [-0.4, -0.2) is 38.3 Å². The summed E-state index contributed by atoms with van der Waals surface area (Å²) >= 11 is 0. The van der Waals surface area contributed by atoms with Gasteiger partial charge in [0, 0.05) is 24.5 Å². The summed E-state index contributed by atoms with van der Waals surface area (Å²) in [5.74, 6) is 0.0566. The maximum Gasteiger partial charge on any atom is 0.241 e. The number of amides is 1. The highest BCUT2D eigenvalue weighted by atomic mass is 16.5. The van der Waals surface area contributed by atoms with E-state index in [0.29, 0.717) is 0 Å². The van der Waals surface area contributed by atoms with Gasteiger partial charge in [-0.3, -0.25) is 4.79 Å². The average molecular weight is 291 g/mol. The number of hydrogen-bond acceptors (Lipinski definition) is 4. The zero-order chi connectivity index (χ0) is 15.2. The molecule has 1 fully saturated rings. The van der Waals surface area contributed by atoms with Crippen LogP contribution in [0.25, 0.3) is 0 Å². The lowest BCUT2D eigenvalue weighted by Crippen LogP contribution is -2.40. The summed E-state index contributed by atoms with van der Waals surface area (Å²) in [6.45, 7) is 7.38. The van der Waals surface area contributed by atoms with Crippen LogP contribution in [0, 0.1) is 5.92 Å². The first-order valence-corrected chi connectivity index (χ1v) is 7.61. The Morgan fingerprint density at radius 2 is 1.95 bits per heavy atom. The van der Waals surface area contributed by atoms with Crippen molar-refractivity contribution in [2.75, 3.05) is 36.5 Å². The van der Waals surface area contributed by atoms with Crippen LogP contribution in [-0.2, 0) is 9.53 Å². The van der Waals surface area contributed by atoms with Gasteiger partial charge in [0.25, 0.3) is 0 Å². The predicted octanol–water partition coefficient (Wildman–Crippen LogP) is 1.84. The van der Waals surface area contributed by atoms with Gasteiger partial charge in [0.15, 0.2) is 0 Å². The number of benzene rings is 1. The van der Waals surface area contributed by atoms with Crippen LogP contribution in [0.4, 0.5) is 11.4 Å². The summed E-state index contributed by atoms with van der Waals surface area (Å²) in [6, 6.07) is 7.43. The Hall–Kier alpha value is -1.59. The second-order valence-corrected chi connectivity index (χ2v) is 5.55. The number of hydrogen-bond donors (Lipinski definition) is 2. The number of anilines is 2. The van der Waals surface area contributed by atoms with E-state index in [2.05, 4.69) is 10.2 Å². The van der Waals surface area contributed by atoms with Gasteiger partial charge in [0.1, 0.15) is 0 Å². The van der Waals surface area contributed by atoms with Crippen molar-refractivity contribution in [3.05, 3.63) is 24.3 Å². The molecule has 0 radical (unpaired) electrons. The van der Waals surface area contributed by atoms with E-state index in [4.69, 9.17) is 10.5 Å². The van der Waals surface area contributed by atoms with Crippen molar-refractivity contribution in [1.82, 2.24) is 0 Å². The Kier molecular flexibility index (Phi) is 5.59. The molecule has 0 aliphatic carbocycles. The minimum absolute atomic E-state index is 0.122. The van der Waals surface area contributed by atoms with Crippen LogP contribution in [0.5, 0.6) is 0 Å². The van der Waals surface area contributed by atoms with Gasteiger partial charge >= 0.3 is 0 Å². The van der Waals surface area contributed by atoms with Gasteiger partial charge < -0.3 is 20.7 Å². The Morgan fingerprint density at radius 1 is 1.33 bits per heavy atom. The van der Waals surface area contributed by atoms with Crippen LogP contribution in [0.15, 0.2) is 24.3 Å². The first-order chi connectivity index (χ1) is 10.1.